The van der Waals surface area contributed by atoms with E-state index in [0.717, 1.165) is 17.1 Å². The van der Waals surface area contributed by atoms with Crippen LogP contribution in [-0.4, -0.2) is 37.2 Å². The molecule has 0 saturated carbocycles. The molecule has 124 valence electrons. The molecule has 3 rings (SSSR count). The highest BCUT2D eigenvalue weighted by molar-refractivity contribution is 7.91. The molecular weight excluding hydrogens is 314 g/mol. The van der Waals surface area contributed by atoms with E-state index in [4.69, 9.17) is 4.42 Å². The summed E-state index contributed by atoms with van der Waals surface area (Å²) in [5.74, 6) is 1.72. The lowest BCUT2D eigenvalue weighted by Crippen LogP contribution is -2.46. The number of hydrogen-bond acceptors (Lipinski definition) is 5. The van der Waals surface area contributed by atoms with Crippen molar-refractivity contribution in [3.05, 3.63) is 48.2 Å². The highest BCUT2D eigenvalue weighted by Gasteiger charge is 2.34. The average Bonchev–Trinajstić information content (AvgIpc) is 3.01. The zero-order valence-electron chi connectivity index (χ0n) is 12.9. The Bertz CT molecular complexity index is 738. The van der Waals surface area contributed by atoms with Crippen LogP contribution < -0.4 is 5.32 Å². The van der Waals surface area contributed by atoms with Crippen LogP contribution in [0.4, 0.5) is 0 Å². The van der Waals surface area contributed by atoms with E-state index >= 15 is 0 Å². The lowest BCUT2D eigenvalue weighted by molar-refractivity contribution is 0.0300. The molecule has 0 unspecified atom stereocenters. The van der Waals surface area contributed by atoms with Gasteiger partial charge in [0.1, 0.15) is 11.5 Å². The number of sulfone groups is 1. The van der Waals surface area contributed by atoms with Crippen molar-refractivity contribution in [2.24, 2.45) is 0 Å². The fraction of sp³-hybridized carbons (Fsp3) is 0.412. The van der Waals surface area contributed by atoms with Crippen LogP contribution in [0.2, 0.25) is 0 Å². The maximum Gasteiger partial charge on any atom is 0.150 e. The lowest BCUT2D eigenvalue weighted by Gasteiger charge is -2.32. The largest absolute Gasteiger partial charge is 0.460 e. The lowest BCUT2D eigenvalue weighted by atomic mass is 9.97. The maximum atomic E-state index is 11.4. The van der Waals surface area contributed by atoms with Gasteiger partial charge >= 0.3 is 0 Å². The average molecular weight is 335 g/mol. The van der Waals surface area contributed by atoms with Crippen LogP contribution in [0, 0.1) is 0 Å². The van der Waals surface area contributed by atoms with Crippen molar-refractivity contribution in [1.29, 1.82) is 0 Å². The van der Waals surface area contributed by atoms with Crippen molar-refractivity contribution in [3.63, 3.8) is 0 Å². The Labute approximate surface area is 136 Å². The summed E-state index contributed by atoms with van der Waals surface area (Å²) >= 11 is 0. The third kappa shape index (κ3) is 4.22. The van der Waals surface area contributed by atoms with Gasteiger partial charge in [0.25, 0.3) is 0 Å². The van der Waals surface area contributed by atoms with Gasteiger partial charge in [0.2, 0.25) is 0 Å². The molecule has 2 aromatic rings. The van der Waals surface area contributed by atoms with Crippen LogP contribution in [0.25, 0.3) is 11.3 Å². The van der Waals surface area contributed by atoms with Gasteiger partial charge in [-0.1, -0.05) is 30.3 Å². The van der Waals surface area contributed by atoms with E-state index in [2.05, 4.69) is 5.32 Å². The van der Waals surface area contributed by atoms with E-state index in [-0.39, 0.29) is 24.3 Å². The van der Waals surface area contributed by atoms with Gasteiger partial charge < -0.3 is 14.8 Å². The zero-order chi connectivity index (χ0) is 16.3. The standard InChI is InChI=1S/C17H21NO4S/c19-17(8-10-23(20,21)11-9-17)13-18-12-15-6-7-16(22-15)14-4-2-1-3-5-14/h1-7,18-19H,8-13H2. The van der Waals surface area contributed by atoms with Crippen molar-refractivity contribution in [1.82, 2.24) is 5.32 Å². The Morgan fingerprint density at radius 1 is 1.09 bits per heavy atom. The van der Waals surface area contributed by atoms with E-state index in [9.17, 15) is 13.5 Å². The Hall–Kier alpha value is -1.63. The number of aliphatic hydroxyl groups is 1. The highest BCUT2D eigenvalue weighted by atomic mass is 32.2. The van der Waals surface area contributed by atoms with Gasteiger partial charge in [0.05, 0.1) is 23.7 Å². The molecule has 0 spiro atoms. The third-order valence-electron chi connectivity index (χ3n) is 4.23. The molecule has 5 nitrogen and oxygen atoms in total. The van der Waals surface area contributed by atoms with E-state index in [1.807, 2.05) is 42.5 Å². The van der Waals surface area contributed by atoms with Gasteiger partial charge in [-0.3, -0.25) is 0 Å². The summed E-state index contributed by atoms with van der Waals surface area (Å²) in [6, 6.07) is 13.7. The van der Waals surface area contributed by atoms with Gasteiger partial charge in [-0.2, -0.15) is 0 Å². The number of nitrogens with one attached hydrogen (secondary N) is 1. The first-order valence-electron chi connectivity index (χ1n) is 7.74. The second kappa shape index (κ2) is 6.47. The summed E-state index contributed by atoms with van der Waals surface area (Å²) in [7, 11) is -2.96. The Morgan fingerprint density at radius 3 is 2.48 bits per heavy atom. The summed E-state index contributed by atoms with van der Waals surface area (Å²) in [5.41, 5.74) is 0.0788. The molecule has 1 aliphatic heterocycles. The van der Waals surface area contributed by atoms with Gasteiger partial charge in [0, 0.05) is 12.1 Å². The Balaban J connectivity index is 1.53. The van der Waals surface area contributed by atoms with Crippen LogP contribution in [0.15, 0.2) is 46.9 Å². The van der Waals surface area contributed by atoms with Crippen molar-refractivity contribution in [2.45, 2.75) is 25.0 Å². The fourth-order valence-corrected chi connectivity index (χ4v) is 4.33. The molecule has 23 heavy (non-hydrogen) atoms. The SMILES string of the molecule is O=S1(=O)CCC(O)(CNCc2ccc(-c3ccccc3)o2)CC1. The summed E-state index contributed by atoms with van der Waals surface area (Å²) in [6.07, 6.45) is 0.575. The first kappa shape index (κ1) is 16.2. The van der Waals surface area contributed by atoms with Crippen LogP contribution in [0.3, 0.4) is 0 Å². The molecule has 6 heteroatoms. The minimum atomic E-state index is -2.96. The Kier molecular flexibility index (Phi) is 4.57. The van der Waals surface area contributed by atoms with Gasteiger partial charge in [-0.05, 0) is 25.0 Å². The smallest absolute Gasteiger partial charge is 0.150 e. The quantitative estimate of drug-likeness (QED) is 0.873. The number of furan rings is 1. The van der Waals surface area contributed by atoms with Crippen LogP contribution in [0.5, 0.6) is 0 Å². The van der Waals surface area contributed by atoms with E-state index < -0.39 is 15.4 Å². The molecule has 0 radical (unpaired) electrons. The molecule has 0 aliphatic carbocycles. The van der Waals surface area contributed by atoms with Gasteiger partial charge in [-0.25, -0.2) is 8.42 Å². The summed E-state index contributed by atoms with van der Waals surface area (Å²) in [5, 5.41) is 13.6. The van der Waals surface area contributed by atoms with Crippen LogP contribution >= 0.6 is 0 Å². The van der Waals surface area contributed by atoms with Crippen molar-refractivity contribution >= 4 is 9.84 Å². The molecular formula is C17H21NO4S. The van der Waals surface area contributed by atoms with Gasteiger partial charge in [0.15, 0.2) is 9.84 Å². The van der Waals surface area contributed by atoms with E-state index in [1.165, 1.54) is 0 Å². The Morgan fingerprint density at radius 2 is 1.78 bits per heavy atom. The summed E-state index contributed by atoms with van der Waals surface area (Å²) in [6.45, 7) is 0.867. The van der Waals surface area contributed by atoms with Crippen LogP contribution in [-0.2, 0) is 16.4 Å². The number of hydrogen-bond donors (Lipinski definition) is 2. The predicted octanol–water partition coefficient (Wildman–Crippen LogP) is 1.98. The molecule has 1 aromatic heterocycles. The van der Waals surface area contributed by atoms with Crippen molar-refractivity contribution < 1.29 is 17.9 Å². The third-order valence-corrected chi connectivity index (χ3v) is 5.88. The molecule has 0 bridgehead atoms. The highest BCUT2D eigenvalue weighted by Crippen LogP contribution is 2.24. The minimum absolute atomic E-state index is 0.0596. The number of benzene rings is 1. The normalized spacial score (nSPS) is 19.5. The van der Waals surface area contributed by atoms with E-state index in [0.29, 0.717) is 13.1 Å². The fourth-order valence-electron chi connectivity index (χ4n) is 2.74. The summed E-state index contributed by atoms with van der Waals surface area (Å²) < 4.78 is 28.6. The molecule has 1 aromatic carbocycles. The first-order valence-corrected chi connectivity index (χ1v) is 9.56. The molecule has 2 N–H and O–H groups in total. The van der Waals surface area contributed by atoms with Gasteiger partial charge in [-0.15, -0.1) is 0 Å². The van der Waals surface area contributed by atoms with Crippen molar-refractivity contribution in [3.8, 4) is 11.3 Å². The van der Waals surface area contributed by atoms with Crippen LogP contribution in [0.1, 0.15) is 18.6 Å². The molecule has 1 saturated heterocycles. The molecule has 1 aliphatic rings. The molecule has 0 atom stereocenters. The maximum absolute atomic E-state index is 11.4. The van der Waals surface area contributed by atoms with E-state index in [1.54, 1.807) is 0 Å². The zero-order valence-corrected chi connectivity index (χ0v) is 13.7. The topological polar surface area (TPSA) is 79.5 Å². The molecule has 2 heterocycles. The predicted molar refractivity (Wildman–Crippen MR) is 88.7 cm³/mol. The second-order valence-electron chi connectivity index (χ2n) is 6.11. The molecule has 1 fully saturated rings. The minimum Gasteiger partial charge on any atom is -0.460 e. The first-order chi connectivity index (χ1) is 11.0. The van der Waals surface area contributed by atoms with Crippen molar-refractivity contribution in [2.75, 3.05) is 18.1 Å². The second-order valence-corrected chi connectivity index (χ2v) is 8.42. The monoisotopic (exact) mass is 335 g/mol. The molecule has 0 amide bonds. The number of rotatable bonds is 5. The summed E-state index contributed by atoms with van der Waals surface area (Å²) in [4.78, 5) is 0.